The summed E-state index contributed by atoms with van der Waals surface area (Å²) in [7, 11) is 0. The van der Waals surface area contributed by atoms with Gasteiger partial charge in [-0.3, -0.25) is 4.79 Å². The van der Waals surface area contributed by atoms with Gasteiger partial charge < -0.3 is 10.1 Å². The van der Waals surface area contributed by atoms with Gasteiger partial charge in [0.15, 0.2) is 5.60 Å². The Kier molecular flexibility index (Phi) is 6.52. The number of rotatable bonds is 5. The van der Waals surface area contributed by atoms with Crippen LogP contribution in [-0.4, -0.2) is 29.4 Å². The molecular formula is C20H22BrFN4O3. The number of nitrogens with one attached hydrogen (secondary N) is 2. The van der Waals surface area contributed by atoms with Crippen molar-refractivity contribution in [1.29, 1.82) is 5.26 Å². The van der Waals surface area contributed by atoms with Crippen LogP contribution in [0.25, 0.3) is 0 Å². The van der Waals surface area contributed by atoms with Gasteiger partial charge in [-0.2, -0.15) is 10.4 Å². The van der Waals surface area contributed by atoms with Gasteiger partial charge in [0.25, 0.3) is 0 Å². The number of carbonyl (C=O) groups excluding carboxylic acids is 2. The zero-order chi connectivity index (χ0) is 21.0. The molecule has 1 atom stereocenters. The minimum Gasteiger partial charge on any atom is -0.435 e. The molecule has 1 aliphatic carbocycles. The highest BCUT2D eigenvalue weighted by Gasteiger charge is 2.46. The van der Waals surface area contributed by atoms with Gasteiger partial charge in [0.05, 0.1) is 6.07 Å². The van der Waals surface area contributed by atoms with Crippen molar-refractivity contribution in [3.05, 3.63) is 34.1 Å². The molecule has 1 aromatic carbocycles. The number of hydrazone groups is 1. The van der Waals surface area contributed by atoms with E-state index in [0.717, 1.165) is 19.3 Å². The number of nitriles is 1. The quantitative estimate of drug-likeness (QED) is 0.691. The van der Waals surface area contributed by atoms with Gasteiger partial charge in [-0.25, -0.2) is 14.6 Å². The summed E-state index contributed by atoms with van der Waals surface area (Å²) < 4.78 is 19.8. The van der Waals surface area contributed by atoms with Crippen LogP contribution in [-0.2, 0) is 9.53 Å². The molecule has 2 N–H and O–H groups in total. The fraction of sp³-hybridized carbons (Fsp3) is 0.500. The zero-order valence-corrected chi connectivity index (χ0v) is 17.6. The Balaban J connectivity index is 1.70. The summed E-state index contributed by atoms with van der Waals surface area (Å²) in [6, 6.07) is 6.14. The van der Waals surface area contributed by atoms with Crippen molar-refractivity contribution in [2.75, 3.05) is 0 Å². The fourth-order valence-electron chi connectivity index (χ4n) is 4.11. The Morgan fingerprint density at radius 3 is 2.90 bits per heavy atom. The van der Waals surface area contributed by atoms with Crippen molar-refractivity contribution in [3.63, 3.8) is 0 Å². The summed E-state index contributed by atoms with van der Waals surface area (Å²) in [5.41, 5.74) is 2.77. The van der Waals surface area contributed by atoms with Crippen LogP contribution in [0.5, 0.6) is 0 Å². The first-order valence-corrected chi connectivity index (χ1v) is 10.3. The lowest BCUT2D eigenvalue weighted by Gasteiger charge is -2.42. The Bertz CT molecular complexity index is 875. The lowest BCUT2D eigenvalue weighted by atomic mass is 9.73. The Labute approximate surface area is 176 Å². The minimum absolute atomic E-state index is 0.0372. The first-order chi connectivity index (χ1) is 13.8. The van der Waals surface area contributed by atoms with E-state index in [0.29, 0.717) is 34.5 Å². The summed E-state index contributed by atoms with van der Waals surface area (Å²) in [6.45, 7) is 1.92. The van der Waals surface area contributed by atoms with E-state index in [9.17, 15) is 14.0 Å². The van der Waals surface area contributed by atoms with E-state index in [-0.39, 0.29) is 24.2 Å². The summed E-state index contributed by atoms with van der Waals surface area (Å²) in [6.07, 6.45) is 2.81. The zero-order valence-electron chi connectivity index (χ0n) is 16.0. The van der Waals surface area contributed by atoms with Crippen LogP contribution >= 0.6 is 15.9 Å². The maximum absolute atomic E-state index is 13.5. The highest BCUT2D eigenvalue weighted by molar-refractivity contribution is 9.10. The van der Waals surface area contributed by atoms with Gasteiger partial charge in [0, 0.05) is 16.1 Å². The largest absolute Gasteiger partial charge is 0.435 e. The normalized spacial score (nSPS) is 24.7. The average Bonchev–Trinajstić information content (AvgIpc) is 2.65. The maximum Gasteiger partial charge on any atom is 0.428 e. The lowest BCUT2D eigenvalue weighted by molar-refractivity contribution is -0.120. The molecule has 7 nitrogen and oxygen atoms in total. The molecule has 0 bridgehead atoms. The Morgan fingerprint density at radius 2 is 2.24 bits per heavy atom. The number of ether oxygens (including phenoxy) is 1. The molecule has 1 aromatic rings. The van der Waals surface area contributed by atoms with E-state index in [1.54, 1.807) is 6.07 Å². The molecule has 3 rings (SSSR count). The number of halogens is 2. The van der Waals surface area contributed by atoms with E-state index in [4.69, 9.17) is 10.00 Å². The molecule has 154 valence electrons. The monoisotopic (exact) mass is 464 g/mol. The third-order valence-corrected chi connectivity index (χ3v) is 6.07. The molecule has 1 fully saturated rings. The molecule has 2 amide bonds. The van der Waals surface area contributed by atoms with Crippen molar-refractivity contribution < 1.29 is 18.7 Å². The SMILES string of the molecule is C[C@@H](CC1CCC2(CC1)OC(=O)NN=C2c1ccc(F)cc1Br)NC(=O)CC#N. The Hall–Kier alpha value is -2.47. The smallest absolute Gasteiger partial charge is 0.428 e. The molecule has 1 heterocycles. The van der Waals surface area contributed by atoms with Gasteiger partial charge in [-0.05, 0) is 63.1 Å². The molecule has 1 saturated carbocycles. The molecule has 0 unspecified atom stereocenters. The first kappa shape index (κ1) is 21.2. The maximum atomic E-state index is 13.5. The van der Waals surface area contributed by atoms with Crippen molar-refractivity contribution >= 4 is 33.6 Å². The number of nitrogens with zero attached hydrogens (tertiary/aromatic N) is 2. The van der Waals surface area contributed by atoms with Crippen molar-refractivity contribution in [2.45, 2.75) is 57.1 Å². The van der Waals surface area contributed by atoms with Gasteiger partial charge in [-0.15, -0.1) is 0 Å². The van der Waals surface area contributed by atoms with Crippen LogP contribution in [0.15, 0.2) is 27.8 Å². The third-order valence-electron chi connectivity index (χ3n) is 5.41. The third kappa shape index (κ3) is 4.93. The first-order valence-electron chi connectivity index (χ1n) is 9.52. The van der Waals surface area contributed by atoms with Gasteiger partial charge in [0.1, 0.15) is 17.9 Å². The van der Waals surface area contributed by atoms with Crippen LogP contribution in [0.1, 0.15) is 51.0 Å². The van der Waals surface area contributed by atoms with Crippen LogP contribution in [0, 0.1) is 23.1 Å². The van der Waals surface area contributed by atoms with Gasteiger partial charge in [0.2, 0.25) is 5.91 Å². The van der Waals surface area contributed by atoms with Crippen molar-refractivity contribution in [1.82, 2.24) is 10.7 Å². The van der Waals surface area contributed by atoms with Gasteiger partial charge in [-0.1, -0.05) is 15.9 Å². The highest BCUT2D eigenvalue weighted by atomic mass is 79.9. The molecule has 29 heavy (non-hydrogen) atoms. The predicted molar refractivity (Wildman–Crippen MR) is 107 cm³/mol. The number of hydrogen-bond acceptors (Lipinski definition) is 5. The lowest BCUT2D eigenvalue weighted by Crippen LogP contribution is -2.52. The minimum atomic E-state index is -0.855. The molecule has 9 heteroatoms. The van der Waals surface area contributed by atoms with E-state index < -0.39 is 11.7 Å². The predicted octanol–water partition coefficient (Wildman–Crippen LogP) is 3.77. The number of amides is 2. The Morgan fingerprint density at radius 1 is 1.52 bits per heavy atom. The molecule has 2 aliphatic rings. The summed E-state index contributed by atoms with van der Waals surface area (Å²) in [5, 5.41) is 15.7. The topological polar surface area (TPSA) is 104 Å². The van der Waals surface area contributed by atoms with Crippen LogP contribution < -0.4 is 10.7 Å². The number of hydrogen-bond donors (Lipinski definition) is 2. The fourth-order valence-corrected chi connectivity index (χ4v) is 4.65. The summed E-state index contributed by atoms with van der Waals surface area (Å²) >= 11 is 3.38. The van der Waals surface area contributed by atoms with E-state index in [2.05, 4.69) is 31.8 Å². The van der Waals surface area contributed by atoms with Crippen LogP contribution in [0.3, 0.4) is 0 Å². The summed E-state index contributed by atoms with van der Waals surface area (Å²) in [5.74, 6) is -0.285. The second kappa shape index (κ2) is 8.91. The molecule has 0 radical (unpaired) electrons. The molecule has 1 spiro atoms. The standard InChI is InChI=1S/C20H22BrFN4O3/c1-12(24-17(27)6-9-23)10-13-4-7-20(8-5-13)18(25-26-19(28)29-20)15-3-2-14(22)11-16(15)21/h2-3,11-13H,4-8,10H2,1H3,(H,24,27)(H,26,28)/t12-,13?,20?/m0/s1. The van der Waals surface area contributed by atoms with E-state index in [1.807, 2.05) is 13.0 Å². The van der Waals surface area contributed by atoms with Crippen LogP contribution in [0.2, 0.25) is 0 Å². The van der Waals surface area contributed by atoms with Gasteiger partial charge >= 0.3 is 6.09 Å². The molecular weight excluding hydrogens is 443 g/mol. The summed E-state index contributed by atoms with van der Waals surface area (Å²) in [4.78, 5) is 23.5. The van der Waals surface area contributed by atoms with Crippen LogP contribution in [0.4, 0.5) is 9.18 Å². The van der Waals surface area contributed by atoms with E-state index in [1.165, 1.54) is 12.1 Å². The number of benzene rings is 1. The highest BCUT2D eigenvalue weighted by Crippen LogP contribution is 2.41. The molecule has 0 saturated heterocycles. The van der Waals surface area contributed by atoms with Crippen molar-refractivity contribution in [3.8, 4) is 6.07 Å². The second-order valence-corrected chi connectivity index (χ2v) is 8.42. The molecule has 1 aliphatic heterocycles. The average molecular weight is 465 g/mol. The number of carbonyl (C=O) groups is 2. The van der Waals surface area contributed by atoms with Crippen molar-refractivity contribution in [2.24, 2.45) is 11.0 Å². The van der Waals surface area contributed by atoms with E-state index >= 15 is 0 Å². The molecule has 0 aromatic heterocycles. The second-order valence-electron chi connectivity index (χ2n) is 7.56.